The zero-order valence-electron chi connectivity index (χ0n) is 15.1. The number of rotatable bonds is 2. The molecule has 0 aromatic heterocycles. The first-order valence-electron chi connectivity index (χ1n) is 9.05. The van der Waals surface area contributed by atoms with Gasteiger partial charge >= 0.3 is 6.09 Å². The normalized spacial score (nSPS) is 30.8. The zero-order valence-corrected chi connectivity index (χ0v) is 17.3. The second-order valence-electron chi connectivity index (χ2n) is 7.34. The number of hydrogen-bond acceptors (Lipinski definition) is 4. The van der Waals surface area contributed by atoms with E-state index in [-0.39, 0.29) is 11.5 Å². The molecular weight excluding hydrogens is 443 g/mol. The lowest BCUT2D eigenvalue weighted by Crippen LogP contribution is -2.67. The van der Waals surface area contributed by atoms with Crippen molar-refractivity contribution in [2.24, 2.45) is 0 Å². The van der Waals surface area contributed by atoms with Crippen LogP contribution in [0.5, 0.6) is 0 Å². The minimum atomic E-state index is -0.517. The molecule has 0 bridgehead atoms. The SMILES string of the molecule is C/C=C(\I)CN1CC[C@]23CC(=O)CCC12N(C(=O)OC)c1ccccc13. The molecule has 2 aliphatic heterocycles. The molecular formula is C20H23IN2O3. The molecule has 1 aliphatic carbocycles. The number of para-hydroxylation sites is 1. The molecule has 138 valence electrons. The second kappa shape index (κ2) is 6.34. The molecule has 6 heteroatoms. The molecule has 2 heterocycles. The number of nitrogens with zero attached hydrogens (tertiary/aromatic N) is 2. The summed E-state index contributed by atoms with van der Waals surface area (Å²) in [6, 6.07) is 8.05. The summed E-state index contributed by atoms with van der Waals surface area (Å²) >= 11 is 2.36. The average molecular weight is 466 g/mol. The molecule has 26 heavy (non-hydrogen) atoms. The Bertz CT molecular complexity index is 808. The predicted octanol–water partition coefficient (Wildman–Crippen LogP) is 4.00. The lowest BCUT2D eigenvalue weighted by Gasteiger charge is -2.51. The van der Waals surface area contributed by atoms with Crippen molar-refractivity contribution < 1.29 is 14.3 Å². The number of allylic oxidation sites excluding steroid dienone is 1. The van der Waals surface area contributed by atoms with Gasteiger partial charge < -0.3 is 4.74 Å². The van der Waals surface area contributed by atoms with E-state index in [2.05, 4.69) is 39.6 Å². The van der Waals surface area contributed by atoms with E-state index in [1.807, 2.05) is 30.0 Å². The lowest BCUT2D eigenvalue weighted by molar-refractivity contribution is -0.125. The van der Waals surface area contributed by atoms with E-state index < -0.39 is 5.66 Å². The van der Waals surface area contributed by atoms with Crippen LogP contribution < -0.4 is 4.90 Å². The van der Waals surface area contributed by atoms with E-state index >= 15 is 0 Å². The summed E-state index contributed by atoms with van der Waals surface area (Å²) in [5, 5.41) is 0. The highest BCUT2D eigenvalue weighted by atomic mass is 127. The molecule has 1 amide bonds. The largest absolute Gasteiger partial charge is 0.452 e. The fourth-order valence-electron chi connectivity index (χ4n) is 5.39. The second-order valence-corrected chi connectivity index (χ2v) is 8.73. The number of likely N-dealkylation sites (tertiary alicyclic amines) is 1. The topological polar surface area (TPSA) is 49.9 Å². The van der Waals surface area contributed by atoms with Crippen molar-refractivity contribution in [1.29, 1.82) is 0 Å². The van der Waals surface area contributed by atoms with Crippen LogP contribution in [0, 0.1) is 0 Å². The predicted molar refractivity (Wildman–Crippen MR) is 109 cm³/mol. The maximum absolute atomic E-state index is 12.9. The Morgan fingerprint density at radius 3 is 2.85 bits per heavy atom. The molecule has 1 saturated carbocycles. The summed E-state index contributed by atoms with van der Waals surface area (Å²) in [4.78, 5) is 29.7. The van der Waals surface area contributed by atoms with Crippen molar-refractivity contribution in [3.63, 3.8) is 0 Å². The summed E-state index contributed by atoms with van der Waals surface area (Å²) in [6.07, 6.45) is 4.32. The van der Waals surface area contributed by atoms with E-state index in [0.29, 0.717) is 25.0 Å². The van der Waals surface area contributed by atoms with Crippen LogP contribution in [-0.2, 0) is 14.9 Å². The quantitative estimate of drug-likeness (QED) is 0.619. The highest BCUT2D eigenvalue weighted by molar-refractivity contribution is 14.1. The van der Waals surface area contributed by atoms with Gasteiger partial charge in [0.25, 0.3) is 0 Å². The molecule has 5 nitrogen and oxygen atoms in total. The van der Waals surface area contributed by atoms with Gasteiger partial charge in [0.05, 0.1) is 12.8 Å². The summed E-state index contributed by atoms with van der Waals surface area (Å²) in [6.45, 7) is 3.69. The van der Waals surface area contributed by atoms with Gasteiger partial charge in [0.1, 0.15) is 11.4 Å². The van der Waals surface area contributed by atoms with Crippen molar-refractivity contribution in [1.82, 2.24) is 4.90 Å². The van der Waals surface area contributed by atoms with Crippen LogP contribution in [0.15, 0.2) is 33.9 Å². The van der Waals surface area contributed by atoms with E-state index in [9.17, 15) is 9.59 Å². The Morgan fingerprint density at radius 2 is 2.12 bits per heavy atom. The Kier molecular flexibility index (Phi) is 4.38. The smallest absolute Gasteiger partial charge is 0.415 e. The third-order valence-electron chi connectivity index (χ3n) is 6.39. The van der Waals surface area contributed by atoms with Crippen molar-refractivity contribution in [3.8, 4) is 0 Å². The highest BCUT2D eigenvalue weighted by Crippen LogP contribution is 2.64. The molecule has 1 aromatic rings. The van der Waals surface area contributed by atoms with E-state index in [0.717, 1.165) is 30.8 Å². The van der Waals surface area contributed by atoms with Crippen LogP contribution in [0.2, 0.25) is 0 Å². The van der Waals surface area contributed by atoms with Crippen molar-refractivity contribution in [3.05, 3.63) is 39.5 Å². The molecule has 0 radical (unpaired) electrons. The molecule has 2 fully saturated rings. The van der Waals surface area contributed by atoms with Gasteiger partial charge in [-0.1, -0.05) is 24.3 Å². The average Bonchev–Trinajstić information content (AvgIpc) is 3.10. The number of ketones is 1. The number of halogens is 1. The van der Waals surface area contributed by atoms with Crippen molar-refractivity contribution >= 4 is 40.2 Å². The zero-order chi connectivity index (χ0) is 18.5. The van der Waals surface area contributed by atoms with Crippen molar-refractivity contribution in [2.45, 2.75) is 43.7 Å². The number of benzene rings is 1. The number of methoxy groups -OCH3 is 1. The fraction of sp³-hybridized carbons (Fsp3) is 0.500. The Balaban J connectivity index is 1.95. The Hall–Kier alpha value is -1.41. The van der Waals surface area contributed by atoms with E-state index in [1.54, 1.807) is 0 Å². The lowest BCUT2D eigenvalue weighted by atomic mass is 9.63. The Morgan fingerprint density at radius 1 is 1.35 bits per heavy atom. The molecule has 2 atom stereocenters. The summed E-state index contributed by atoms with van der Waals surface area (Å²) < 4.78 is 6.45. The third kappa shape index (κ3) is 2.17. The van der Waals surface area contributed by atoms with Gasteiger partial charge in [0.2, 0.25) is 0 Å². The number of carbonyl (C=O) groups is 2. The van der Waals surface area contributed by atoms with Gasteiger partial charge in [-0.2, -0.15) is 0 Å². The van der Waals surface area contributed by atoms with Gasteiger partial charge in [0.15, 0.2) is 0 Å². The molecule has 0 N–H and O–H groups in total. The minimum absolute atomic E-state index is 0.296. The minimum Gasteiger partial charge on any atom is -0.452 e. The van der Waals surface area contributed by atoms with Gasteiger partial charge in [-0.15, -0.1) is 0 Å². The number of Topliss-reactive ketones (excluding diaryl/α,β-unsaturated/α-hetero) is 1. The Labute approximate surface area is 167 Å². The van der Waals surface area contributed by atoms with E-state index in [4.69, 9.17) is 4.74 Å². The number of fused-ring (bicyclic) bond motifs is 1. The molecule has 3 aliphatic rings. The van der Waals surface area contributed by atoms with Gasteiger partial charge in [-0.3, -0.25) is 14.6 Å². The maximum atomic E-state index is 12.9. The third-order valence-corrected chi connectivity index (χ3v) is 7.36. The van der Waals surface area contributed by atoms with Crippen LogP contribution in [0.3, 0.4) is 0 Å². The highest BCUT2D eigenvalue weighted by Gasteiger charge is 2.71. The molecule has 4 rings (SSSR count). The van der Waals surface area contributed by atoms with Gasteiger partial charge in [0, 0.05) is 34.9 Å². The first-order valence-corrected chi connectivity index (χ1v) is 10.1. The molecule has 0 spiro atoms. The number of anilines is 1. The van der Waals surface area contributed by atoms with Gasteiger partial charge in [-0.25, -0.2) is 4.79 Å². The molecule has 1 saturated heterocycles. The summed E-state index contributed by atoms with van der Waals surface area (Å²) in [7, 11) is 1.44. The first kappa shape index (κ1) is 18.0. The fourth-order valence-corrected chi connectivity index (χ4v) is 5.80. The van der Waals surface area contributed by atoms with Crippen LogP contribution >= 0.6 is 22.6 Å². The molecule has 1 aromatic carbocycles. The van der Waals surface area contributed by atoms with Crippen LogP contribution in [0.25, 0.3) is 0 Å². The van der Waals surface area contributed by atoms with Crippen LogP contribution in [0.1, 0.15) is 38.2 Å². The number of ether oxygens (including phenoxy) is 1. The maximum Gasteiger partial charge on any atom is 0.415 e. The summed E-state index contributed by atoms with van der Waals surface area (Å²) in [5.74, 6) is 0.296. The van der Waals surface area contributed by atoms with Crippen molar-refractivity contribution in [2.75, 3.05) is 25.1 Å². The number of amides is 1. The number of carbonyl (C=O) groups excluding carboxylic acids is 2. The standard InChI is InChI=1S/C20H23IN2O3/c1-3-14(21)13-22-11-10-19-12-15(24)8-9-20(19,22)23(18(25)26-2)17-7-5-4-6-16(17)19/h3-7H,8-13H2,1-2H3/b14-3-/t19-,20?/m1/s1. The van der Waals surface area contributed by atoms with Gasteiger partial charge in [-0.05, 0) is 54.0 Å². The van der Waals surface area contributed by atoms with Crippen LogP contribution in [-0.4, -0.2) is 42.6 Å². The number of hydrogen-bond donors (Lipinski definition) is 0. The van der Waals surface area contributed by atoms with E-state index in [1.165, 1.54) is 10.7 Å². The van der Waals surface area contributed by atoms with Crippen LogP contribution in [0.4, 0.5) is 10.5 Å². The summed E-state index contributed by atoms with van der Waals surface area (Å²) in [5.41, 5.74) is 1.17. The monoisotopic (exact) mass is 466 g/mol. The molecule has 1 unspecified atom stereocenters. The first-order chi connectivity index (χ1) is 12.5.